The number of hydrogen-bond acceptors (Lipinski definition) is 6. The van der Waals surface area contributed by atoms with Gasteiger partial charge in [0, 0.05) is 20.1 Å². The predicted octanol–water partition coefficient (Wildman–Crippen LogP) is 1.36. The first-order valence-electron chi connectivity index (χ1n) is 6.33. The van der Waals surface area contributed by atoms with Crippen molar-refractivity contribution < 1.29 is 10.0 Å². The molecule has 7 nitrogen and oxygen atoms in total. The summed E-state index contributed by atoms with van der Waals surface area (Å²) in [6.07, 6.45) is 0. The van der Waals surface area contributed by atoms with Crippen LogP contribution in [0.5, 0.6) is 0 Å². The lowest BCUT2D eigenvalue weighted by Gasteiger charge is -2.27. The Labute approximate surface area is 118 Å². The highest BCUT2D eigenvalue weighted by molar-refractivity contribution is 5.76. The van der Waals surface area contributed by atoms with Gasteiger partial charge in [-0.25, -0.2) is 0 Å². The normalized spacial score (nSPS) is 13.9. The number of hydrogen-bond donors (Lipinski definition) is 3. The maximum Gasteiger partial charge on any atom is 0.315 e. The van der Waals surface area contributed by atoms with Gasteiger partial charge in [0.2, 0.25) is 0 Å². The van der Waals surface area contributed by atoms with E-state index in [2.05, 4.69) is 10.6 Å². The van der Waals surface area contributed by atoms with Crippen LogP contribution in [0.3, 0.4) is 0 Å². The Morgan fingerprint density at radius 1 is 1.40 bits per heavy atom. The van der Waals surface area contributed by atoms with Crippen LogP contribution >= 0.6 is 0 Å². The molecular formula is C13H22N4O3. The highest BCUT2D eigenvalue weighted by Gasteiger charge is 2.24. The Kier molecular flexibility index (Phi) is 5.29. The van der Waals surface area contributed by atoms with Crippen molar-refractivity contribution >= 4 is 17.1 Å². The standard InChI is InChI=1S/C13H22N4O3/c1-13(18,9-16(3)4)8-15-11-7-5-6-10(14-2)12(11)17(19)20/h5-7,14-15,18H,8-9H2,1-4H3. The van der Waals surface area contributed by atoms with E-state index >= 15 is 0 Å². The minimum atomic E-state index is -0.979. The average Bonchev–Trinajstić information content (AvgIpc) is 2.34. The van der Waals surface area contributed by atoms with Gasteiger partial charge in [-0.1, -0.05) is 6.07 Å². The average molecular weight is 282 g/mol. The molecule has 1 unspecified atom stereocenters. The third kappa shape index (κ3) is 4.36. The molecule has 3 N–H and O–H groups in total. The molecule has 112 valence electrons. The summed E-state index contributed by atoms with van der Waals surface area (Å²) in [7, 11) is 5.35. The van der Waals surface area contributed by atoms with Crippen LogP contribution in [0.4, 0.5) is 17.1 Å². The lowest BCUT2D eigenvalue weighted by molar-refractivity contribution is -0.383. The Hall–Kier alpha value is -1.86. The Bertz CT molecular complexity index is 475. The molecular weight excluding hydrogens is 260 g/mol. The van der Waals surface area contributed by atoms with E-state index in [0.717, 1.165) is 0 Å². The molecule has 0 aliphatic rings. The van der Waals surface area contributed by atoms with Crippen LogP contribution in [0, 0.1) is 10.1 Å². The smallest absolute Gasteiger partial charge is 0.315 e. The molecule has 0 spiro atoms. The van der Waals surface area contributed by atoms with Crippen LogP contribution < -0.4 is 10.6 Å². The first-order valence-corrected chi connectivity index (χ1v) is 6.33. The van der Waals surface area contributed by atoms with Crippen molar-refractivity contribution in [3.63, 3.8) is 0 Å². The third-order valence-electron chi connectivity index (χ3n) is 2.80. The van der Waals surface area contributed by atoms with Gasteiger partial charge in [-0.15, -0.1) is 0 Å². The molecule has 0 fully saturated rings. The topological polar surface area (TPSA) is 90.7 Å². The third-order valence-corrected chi connectivity index (χ3v) is 2.80. The quantitative estimate of drug-likeness (QED) is 0.517. The first-order chi connectivity index (χ1) is 9.26. The molecule has 0 aliphatic heterocycles. The summed E-state index contributed by atoms with van der Waals surface area (Å²) < 4.78 is 0. The summed E-state index contributed by atoms with van der Waals surface area (Å²) in [5, 5.41) is 27.1. The largest absolute Gasteiger partial charge is 0.387 e. The predicted molar refractivity (Wildman–Crippen MR) is 80.3 cm³/mol. The van der Waals surface area contributed by atoms with E-state index in [1.807, 2.05) is 19.0 Å². The van der Waals surface area contributed by atoms with Gasteiger partial charge in [-0.2, -0.15) is 0 Å². The summed E-state index contributed by atoms with van der Waals surface area (Å²) in [5.74, 6) is 0. The van der Waals surface area contributed by atoms with Gasteiger partial charge in [-0.3, -0.25) is 10.1 Å². The van der Waals surface area contributed by atoms with E-state index in [1.54, 1.807) is 32.2 Å². The number of nitro groups is 1. The molecule has 0 saturated carbocycles. The number of benzene rings is 1. The number of aliphatic hydroxyl groups is 1. The number of para-hydroxylation sites is 1. The number of anilines is 2. The number of nitrogens with one attached hydrogen (secondary N) is 2. The van der Waals surface area contributed by atoms with Crippen molar-refractivity contribution in [2.75, 3.05) is 44.9 Å². The lowest BCUT2D eigenvalue weighted by atomic mass is 10.1. The second-order valence-corrected chi connectivity index (χ2v) is 5.30. The molecule has 0 amide bonds. The second kappa shape index (κ2) is 6.53. The number of nitro benzene ring substituents is 1. The highest BCUT2D eigenvalue weighted by atomic mass is 16.6. The van der Waals surface area contributed by atoms with Gasteiger partial charge in [0.1, 0.15) is 11.4 Å². The van der Waals surface area contributed by atoms with E-state index in [9.17, 15) is 15.2 Å². The fourth-order valence-corrected chi connectivity index (χ4v) is 2.11. The van der Waals surface area contributed by atoms with Crippen molar-refractivity contribution in [3.05, 3.63) is 28.3 Å². The summed E-state index contributed by atoms with van der Waals surface area (Å²) in [6, 6.07) is 4.99. The monoisotopic (exact) mass is 282 g/mol. The fourth-order valence-electron chi connectivity index (χ4n) is 2.11. The molecule has 1 aromatic rings. The summed E-state index contributed by atoms with van der Waals surface area (Å²) in [4.78, 5) is 12.6. The maximum atomic E-state index is 11.2. The Morgan fingerprint density at radius 2 is 2.00 bits per heavy atom. The van der Waals surface area contributed by atoms with Crippen molar-refractivity contribution in [1.29, 1.82) is 0 Å². The van der Waals surface area contributed by atoms with E-state index in [-0.39, 0.29) is 12.2 Å². The van der Waals surface area contributed by atoms with Crippen LogP contribution in [0.15, 0.2) is 18.2 Å². The van der Waals surface area contributed by atoms with Gasteiger partial charge in [0.25, 0.3) is 0 Å². The van der Waals surface area contributed by atoms with Gasteiger partial charge in [0.15, 0.2) is 0 Å². The first kappa shape index (κ1) is 16.2. The van der Waals surface area contributed by atoms with Crippen LogP contribution in [-0.4, -0.2) is 54.8 Å². The fraction of sp³-hybridized carbons (Fsp3) is 0.538. The molecule has 7 heteroatoms. The van der Waals surface area contributed by atoms with Gasteiger partial charge >= 0.3 is 5.69 Å². The number of likely N-dealkylation sites (N-methyl/N-ethyl adjacent to an activating group) is 1. The molecule has 0 aliphatic carbocycles. The minimum absolute atomic E-state index is 0.0179. The molecule has 1 atom stereocenters. The van der Waals surface area contributed by atoms with E-state index in [0.29, 0.717) is 17.9 Å². The molecule has 0 aromatic heterocycles. The summed E-state index contributed by atoms with van der Waals surface area (Å²) in [5.41, 5.74) is -0.170. The molecule has 1 rings (SSSR count). The Balaban J connectivity index is 2.90. The van der Waals surface area contributed by atoms with Crippen LogP contribution in [0.1, 0.15) is 6.92 Å². The second-order valence-electron chi connectivity index (χ2n) is 5.30. The highest BCUT2D eigenvalue weighted by Crippen LogP contribution is 2.32. The van der Waals surface area contributed by atoms with Crippen LogP contribution in [0.25, 0.3) is 0 Å². The van der Waals surface area contributed by atoms with Crippen LogP contribution in [0.2, 0.25) is 0 Å². The zero-order valence-electron chi connectivity index (χ0n) is 12.3. The van der Waals surface area contributed by atoms with E-state index in [4.69, 9.17) is 0 Å². The van der Waals surface area contributed by atoms with Gasteiger partial charge in [-0.05, 0) is 33.2 Å². The van der Waals surface area contributed by atoms with Crippen molar-refractivity contribution in [1.82, 2.24) is 4.90 Å². The van der Waals surface area contributed by atoms with Crippen LogP contribution in [-0.2, 0) is 0 Å². The zero-order valence-corrected chi connectivity index (χ0v) is 12.3. The van der Waals surface area contributed by atoms with Crippen molar-refractivity contribution in [2.45, 2.75) is 12.5 Å². The molecule has 0 radical (unpaired) electrons. The minimum Gasteiger partial charge on any atom is -0.387 e. The Morgan fingerprint density at radius 3 is 2.50 bits per heavy atom. The van der Waals surface area contributed by atoms with Crippen molar-refractivity contribution in [3.8, 4) is 0 Å². The summed E-state index contributed by atoms with van der Waals surface area (Å²) >= 11 is 0. The lowest BCUT2D eigenvalue weighted by Crippen LogP contribution is -2.43. The SMILES string of the molecule is CNc1cccc(NCC(C)(O)CN(C)C)c1[N+](=O)[O-]. The van der Waals surface area contributed by atoms with E-state index in [1.165, 1.54) is 0 Å². The number of rotatable bonds is 7. The molecule has 0 saturated heterocycles. The molecule has 20 heavy (non-hydrogen) atoms. The van der Waals surface area contributed by atoms with Crippen molar-refractivity contribution in [2.24, 2.45) is 0 Å². The molecule has 0 bridgehead atoms. The van der Waals surface area contributed by atoms with Gasteiger partial charge in [0.05, 0.1) is 10.5 Å². The molecule has 0 heterocycles. The molecule has 1 aromatic carbocycles. The van der Waals surface area contributed by atoms with Gasteiger partial charge < -0.3 is 20.6 Å². The number of nitrogens with zero attached hydrogens (tertiary/aromatic N) is 2. The van der Waals surface area contributed by atoms with E-state index < -0.39 is 10.5 Å². The zero-order chi connectivity index (χ0) is 15.3. The summed E-state index contributed by atoms with van der Waals surface area (Å²) in [6.45, 7) is 2.37. The maximum absolute atomic E-state index is 11.2.